The van der Waals surface area contributed by atoms with Crippen molar-refractivity contribution in [2.75, 3.05) is 18.5 Å². The fraction of sp³-hybridized carbons (Fsp3) is 0.462. The zero-order valence-corrected chi connectivity index (χ0v) is 20.0. The van der Waals surface area contributed by atoms with E-state index in [4.69, 9.17) is 9.47 Å². The Hall–Kier alpha value is -3.20. The summed E-state index contributed by atoms with van der Waals surface area (Å²) >= 11 is 0. The molecular formula is C26H30F2N2O5. The van der Waals surface area contributed by atoms with Crippen LogP contribution in [0.5, 0.6) is 11.5 Å². The van der Waals surface area contributed by atoms with E-state index in [-0.39, 0.29) is 24.2 Å². The Labute approximate surface area is 203 Å². The van der Waals surface area contributed by atoms with Crippen LogP contribution < -0.4 is 14.4 Å². The monoisotopic (exact) mass is 488 g/mol. The third-order valence-corrected chi connectivity index (χ3v) is 6.85. The summed E-state index contributed by atoms with van der Waals surface area (Å²) < 4.78 is 36.4. The van der Waals surface area contributed by atoms with Crippen LogP contribution in [0, 0.1) is 0 Å². The van der Waals surface area contributed by atoms with Crippen LogP contribution in [-0.2, 0) is 22.6 Å². The van der Waals surface area contributed by atoms with Crippen LogP contribution >= 0.6 is 0 Å². The first-order valence-electron chi connectivity index (χ1n) is 11.7. The molecular weight excluding hydrogens is 458 g/mol. The number of carboxylic acid groups (broad SMARTS) is 1. The highest BCUT2D eigenvalue weighted by atomic mass is 19.3. The Morgan fingerprint density at radius 3 is 2.51 bits per heavy atom. The van der Waals surface area contributed by atoms with Crippen molar-refractivity contribution in [2.24, 2.45) is 0 Å². The number of anilines is 1. The molecule has 1 N–H and O–H groups in total. The number of halogens is 2. The van der Waals surface area contributed by atoms with Crippen LogP contribution in [0.4, 0.5) is 14.5 Å². The number of carbonyl (C=O) groups is 2. The number of rotatable bonds is 8. The first-order chi connectivity index (χ1) is 16.7. The SMILES string of the molecule is CC(C)c1ccc(COc2ccc3c(c2)CCN3C(=O)[C@@H]2CC[C@@H](C(=O)O)N2C)c(OC(F)F)c1. The van der Waals surface area contributed by atoms with Crippen molar-refractivity contribution in [3.63, 3.8) is 0 Å². The van der Waals surface area contributed by atoms with Gasteiger partial charge in [0.05, 0.1) is 6.04 Å². The van der Waals surface area contributed by atoms with E-state index >= 15 is 0 Å². The molecule has 1 amide bonds. The number of alkyl halides is 2. The van der Waals surface area contributed by atoms with Gasteiger partial charge < -0.3 is 19.5 Å². The summed E-state index contributed by atoms with van der Waals surface area (Å²) in [5.41, 5.74) is 3.15. The van der Waals surface area contributed by atoms with Gasteiger partial charge in [-0.25, -0.2) is 0 Å². The van der Waals surface area contributed by atoms with Crippen LogP contribution in [-0.4, -0.2) is 54.2 Å². The molecule has 1 fully saturated rings. The van der Waals surface area contributed by atoms with Gasteiger partial charge in [-0.15, -0.1) is 0 Å². The Morgan fingerprint density at radius 2 is 1.86 bits per heavy atom. The van der Waals surface area contributed by atoms with Crippen molar-refractivity contribution >= 4 is 17.6 Å². The molecule has 2 heterocycles. The highest BCUT2D eigenvalue weighted by Gasteiger charge is 2.42. The lowest BCUT2D eigenvalue weighted by Gasteiger charge is -2.27. The zero-order valence-electron chi connectivity index (χ0n) is 20.0. The predicted molar refractivity (Wildman–Crippen MR) is 126 cm³/mol. The number of carboxylic acids is 1. The average Bonchev–Trinajstić information content (AvgIpc) is 3.40. The van der Waals surface area contributed by atoms with Crippen molar-refractivity contribution in [1.29, 1.82) is 0 Å². The summed E-state index contributed by atoms with van der Waals surface area (Å²) in [6.45, 7) is 1.61. The van der Waals surface area contributed by atoms with E-state index in [1.165, 1.54) is 0 Å². The largest absolute Gasteiger partial charge is 0.489 e. The number of likely N-dealkylation sites (N-methyl/N-ethyl adjacent to an activating group) is 1. The fourth-order valence-corrected chi connectivity index (χ4v) is 4.83. The van der Waals surface area contributed by atoms with Crippen LogP contribution in [0.15, 0.2) is 36.4 Å². The van der Waals surface area contributed by atoms with Crippen LogP contribution in [0.2, 0.25) is 0 Å². The Kier molecular flexibility index (Phi) is 7.25. The second kappa shape index (κ2) is 10.2. The van der Waals surface area contributed by atoms with Crippen molar-refractivity contribution in [2.45, 2.75) is 64.3 Å². The summed E-state index contributed by atoms with van der Waals surface area (Å²) in [7, 11) is 1.68. The van der Waals surface area contributed by atoms with Crippen LogP contribution in [0.1, 0.15) is 49.3 Å². The molecule has 1 saturated heterocycles. The summed E-state index contributed by atoms with van der Waals surface area (Å²) in [6, 6.07) is 9.56. The van der Waals surface area contributed by atoms with Gasteiger partial charge in [0.25, 0.3) is 0 Å². The molecule has 2 aromatic carbocycles. The topological polar surface area (TPSA) is 79.3 Å². The maximum Gasteiger partial charge on any atom is 0.387 e. The first-order valence-corrected chi connectivity index (χ1v) is 11.7. The van der Waals surface area contributed by atoms with Gasteiger partial charge in [0.1, 0.15) is 24.1 Å². The second-order valence-electron chi connectivity index (χ2n) is 9.33. The molecule has 35 heavy (non-hydrogen) atoms. The predicted octanol–water partition coefficient (Wildman–Crippen LogP) is 4.43. The normalized spacial score (nSPS) is 19.9. The molecule has 2 aliphatic heterocycles. The van der Waals surface area contributed by atoms with Crippen LogP contribution in [0.3, 0.4) is 0 Å². The number of ether oxygens (including phenoxy) is 2. The molecule has 0 radical (unpaired) electrons. The van der Waals surface area contributed by atoms with Gasteiger partial charge in [0, 0.05) is 17.8 Å². The van der Waals surface area contributed by atoms with Crippen LogP contribution in [0.25, 0.3) is 0 Å². The zero-order chi connectivity index (χ0) is 25.3. The molecule has 0 spiro atoms. The maximum atomic E-state index is 13.2. The van der Waals surface area contributed by atoms with Gasteiger partial charge in [-0.1, -0.05) is 26.0 Å². The molecule has 7 nitrogen and oxygen atoms in total. The molecule has 2 atom stereocenters. The quantitative estimate of drug-likeness (QED) is 0.593. The molecule has 0 aromatic heterocycles. The van der Waals surface area contributed by atoms with Crippen molar-refractivity contribution in [1.82, 2.24) is 4.90 Å². The first kappa shape index (κ1) is 24.9. The summed E-state index contributed by atoms with van der Waals surface area (Å²) in [5, 5.41) is 9.34. The molecule has 0 saturated carbocycles. The standard InChI is InChI=1S/C26H30F2N2O5/c1-15(2)16-4-5-18(23(13-16)35-26(27)28)14-34-19-6-7-20-17(12-19)10-11-30(20)24(31)21-8-9-22(25(32)33)29(21)3/h4-7,12-13,15,21-22,26H,8-11,14H2,1-3H3,(H,32,33)/t21-,22-/m0/s1. The summed E-state index contributed by atoms with van der Waals surface area (Å²) in [5.74, 6) is -0.163. The molecule has 9 heteroatoms. The maximum absolute atomic E-state index is 13.2. The van der Waals surface area contributed by atoms with Gasteiger partial charge in [-0.3, -0.25) is 14.5 Å². The number of hydrogen-bond donors (Lipinski definition) is 1. The molecule has 0 bridgehead atoms. The number of benzene rings is 2. The highest BCUT2D eigenvalue weighted by Crippen LogP contribution is 2.35. The molecule has 2 aliphatic rings. The lowest BCUT2D eigenvalue weighted by atomic mass is 10.0. The minimum atomic E-state index is -2.93. The van der Waals surface area contributed by atoms with Gasteiger partial charge >= 0.3 is 12.6 Å². The minimum absolute atomic E-state index is 0.0608. The van der Waals surface area contributed by atoms with E-state index in [2.05, 4.69) is 0 Å². The summed E-state index contributed by atoms with van der Waals surface area (Å²) in [4.78, 5) is 27.9. The number of carbonyl (C=O) groups excluding carboxylic acids is 1. The Bertz CT molecular complexity index is 1110. The third-order valence-electron chi connectivity index (χ3n) is 6.85. The number of aliphatic carboxylic acids is 1. The van der Waals surface area contributed by atoms with Gasteiger partial charge in [-0.05, 0) is 67.6 Å². The molecule has 0 unspecified atom stereocenters. The minimum Gasteiger partial charge on any atom is -0.489 e. The second-order valence-corrected chi connectivity index (χ2v) is 9.33. The Morgan fingerprint density at radius 1 is 1.11 bits per heavy atom. The fourth-order valence-electron chi connectivity index (χ4n) is 4.83. The smallest absolute Gasteiger partial charge is 0.387 e. The third kappa shape index (κ3) is 5.24. The van der Waals surface area contributed by atoms with E-state index < -0.39 is 24.7 Å². The Balaban J connectivity index is 1.45. The van der Waals surface area contributed by atoms with Gasteiger partial charge in [0.2, 0.25) is 5.91 Å². The number of likely N-dealkylation sites (tertiary alicyclic amines) is 1. The lowest BCUT2D eigenvalue weighted by molar-refractivity contribution is -0.142. The molecule has 0 aliphatic carbocycles. The van der Waals surface area contributed by atoms with E-state index in [0.717, 1.165) is 16.8 Å². The number of amides is 1. The molecule has 4 rings (SSSR count). The highest BCUT2D eigenvalue weighted by molar-refractivity contribution is 5.99. The van der Waals surface area contributed by atoms with Gasteiger partial charge in [-0.2, -0.15) is 8.78 Å². The number of hydrogen-bond acceptors (Lipinski definition) is 5. The number of nitrogens with zero attached hydrogens (tertiary/aromatic N) is 2. The van der Waals surface area contributed by atoms with E-state index in [1.54, 1.807) is 35.0 Å². The van der Waals surface area contributed by atoms with Gasteiger partial charge in [0.15, 0.2) is 0 Å². The van der Waals surface area contributed by atoms with Crippen molar-refractivity contribution in [3.05, 3.63) is 53.1 Å². The van der Waals surface area contributed by atoms with E-state index in [1.807, 2.05) is 32.0 Å². The molecule has 2 aromatic rings. The van der Waals surface area contributed by atoms with Crippen molar-refractivity contribution in [3.8, 4) is 11.5 Å². The lowest BCUT2D eigenvalue weighted by Crippen LogP contribution is -2.47. The average molecular weight is 489 g/mol. The summed E-state index contributed by atoms with van der Waals surface area (Å²) in [6.07, 6.45) is 1.61. The van der Waals surface area contributed by atoms with E-state index in [9.17, 15) is 23.5 Å². The van der Waals surface area contributed by atoms with E-state index in [0.29, 0.717) is 37.1 Å². The molecule has 188 valence electrons. The van der Waals surface area contributed by atoms with Crippen molar-refractivity contribution < 1.29 is 33.0 Å². The number of fused-ring (bicyclic) bond motifs is 1.